The van der Waals surface area contributed by atoms with Crippen molar-refractivity contribution >= 4 is 12.0 Å². The molecule has 54 heavy (non-hydrogen) atoms. The fourth-order valence-corrected chi connectivity index (χ4v) is 11.9. The van der Waals surface area contributed by atoms with Crippen LogP contribution in [0.15, 0.2) is 163 Å². The molecule has 7 aromatic carbocycles. The molecule has 13 rings (SSSR count). The molecule has 0 fully saturated rings. The number of benzene rings is 7. The molecule has 0 saturated carbocycles. The molecule has 262 valence electrons. The monoisotopic (exact) mass is 714 g/mol. The Hall–Kier alpha value is -5.15. The zero-order valence-corrected chi connectivity index (χ0v) is 31.8. The molecule has 0 saturated heterocycles. The van der Waals surface area contributed by atoms with E-state index in [2.05, 4.69) is 178 Å². The van der Waals surface area contributed by atoms with Gasteiger partial charge in [-0.15, -0.1) is 0 Å². The summed E-state index contributed by atoms with van der Waals surface area (Å²) in [5.41, 5.74) is 19.6. The minimum atomic E-state index is -0.399. The van der Waals surface area contributed by atoms with Crippen molar-refractivity contribution < 1.29 is 4.55 Å². The number of hydrogen-bond acceptors (Lipinski definition) is 2. The summed E-state index contributed by atoms with van der Waals surface area (Å²) in [5.74, 6) is 0.443. The molecule has 0 spiro atoms. The molecule has 6 aliphatic carbocycles. The van der Waals surface area contributed by atoms with Crippen LogP contribution in [0.1, 0.15) is 116 Å². The van der Waals surface area contributed by atoms with Crippen molar-refractivity contribution in [1.29, 1.82) is 0 Å². The summed E-state index contributed by atoms with van der Waals surface area (Å²) in [6, 6.07) is 59.8. The van der Waals surface area contributed by atoms with Crippen molar-refractivity contribution in [2.24, 2.45) is 0 Å². The van der Waals surface area contributed by atoms with E-state index < -0.39 is 10.8 Å². The van der Waals surface area contributed by atoms with Gasteiger partial charge < -0.3 is 4.55 Å². The van der Waals surface area contributed by atoms with Gasteiger partial charge in [0.15, 0.2) is 0 Å². The third-order valence-electron chi connectivity index (χ3n) is 13.5. The summed E-state index contributed by atoms with van der Waals surface area (Å²) < 4.78 is 11.7. The van der Waals surface area contributed by atoms with Crippen LogP contribution in [-0.4, -0.2) is 4.55 Å². The van der Waals surface area contributed by atoms with Gasteiger partial charge in [-0.1, -0.05) is 178 Å². The third kappa shape index (κ3) is 4.11. The lowest BCUT2D eigenvalue weighted by molar-refractivity contribution is 0.520. The Labute approximate surface area is 323 Å². The SMILES string of the molecule is CC(C)(C)c1cc(CC23c4ccccc4C(c4ccccc42)c2ccccc23)c(SO)c(CC23c4ccccc4C(c4ccccc42)c2ccccc23)c1. The lowest BCUT2D eigenvalue weighted by atomic mass is 9.51. The first-order chi connectivity index (χ1) is 26.4. The van der Waals surface area contributed by atoms with Crippen LogP contribution in [0.5, 0.6) is 0 Å². The molecule has 4 bridgehead atoms. The molecule has 2 heteroatoms. The Morgan fingerprint density at radius 3 is 0.944 bits per heavy atom. The summed E-state index contributed by atoms with van der Waals surface area (Å²) in [4.78, 5) is 0.993. The first kappa shape index (κ1) is 32.3. The molecule has 0 amide bonds. The average Bonchev–Trinajstić information content (AvgIpc) is 3.21. The van der Waals surface area contributed by atoms with Crippen LogP contribution in [0.3, 0.4) is 0 Å². The molecule has 1 nitrogen and oxygen atoms in total. The molecule has 0 aromatic heterocycles. The minimum absolute atomic E-state index is 0.104. The van der Waals surface area contributed by atoms with Crippen molar-refractivity contribution in [3.05, 3.63) is 241 Å². The van der Waals surface area contributed by atoms with E-state index in [4.69, 9.17) is 0 Å². The Bertz CT molecular complexity index is 2270. The highest BCUT2D eigenvalue weighted by molar-refractivity contribution is 7.93. The van der Waals surface area contributed by atoms with E-state index in [1.165, 1.54) is 83.5 Å². The van der Waals surface area contributed by atoms with Crippen LogP contribution >= 0.6 is 12.0 Å². The molecule has 0 aliphatic heterocycles. The Morgan fingerprint density at radius 2 is 0.704 bits per heavy atom. The quantitative estimate of drug-likeness (QED) is 0.179. The maximum atomic E-state index is 11.7. The lowest BCUT2D eigenvalue weighted by Gasteiger charge is -2.52. The second-order valence-electron chi connectivity index (χ2n) is 17.0. The summed E-state index contributed by atoms with van der Waals surface area (Å²) in [6.45, 7) is 6.99. The zero-order valence-electron chi connectivity index (χ0n) is 30.9. The Balaban J connectivity index is 1.19. The molecule has 1 N–H and O–H groups in total. The molecule has 0 heterocycles. The van der Waals surface area contributed by atoms with Crippen LogP contribution < -0.4 is 0 Å². The predicted molar refractivity (Wildman–Crippen MR) is 221 cm³/mol. The van der Waals surface area contributed by atoms with Gasteiger partial charge >= 0.3 is 0 Å². The van der Waals surface area contributed by atoms with E-state index in [9.17, 15) is 4.55 Å². The topological polar surface area (TPSA) is 20.2 Å². The van der Waals surface area contributed by atoms with Gasteiger partial charge in [-0.3, -0.25) is 0 Å². The Morgan fingerprint density at radius 1 is 0.444 bits per heavy atom. The van der Waals surface area contributed by atoms with Gasteiger partial charge in [0.2, 0.25) is 0 Å². The smallest absolute Gasteiger partial charge is 0.0501 e. The zero-order chi connectivity index (χ0) is 36.4. The first-order valence-corrected chi connectivity index (χ1v) is 20.2. The van der Waals surface area contributed by atoms with E-state index >= 15 is 0 Å². The van der Waals surface area contributed by atoms with Gasteiger partial charge in [-0.25, -0.2) is 0 Å². The van der Waals surface area contributed by atoms with Gasteiger partial charge in [-0.05, 0) is 102 Å². The Kier molecular flexibility index (Phi) is 6.84. The lowest BCUT2D eigenvalue weighted by Crippen LogP contribution is -2.44. The number of rotatable bonds is 5. The molecule has 0 atom stereocenters. The van der Waals surface area contributed by atoms with Crippen LogP contribution in [0, 0.1) is 0 Å². The van der Waals surface area contributed by atoms with E-state index in [0.717, 1.165) is 29.8 Å². The maximum absolute atomic E-state index is 11.7. The summed E-state index contributed by atoms with van der Waals surface area (Å²) in [5, 5.41) is 0. The standard InChI is InChI=1S/C52H42OS/c1-50(2,3)34-28-32(30-51-41-22-10-4-16-35(41)47(36-17-5-11-23-42(36)51)37-18-6-12-24-43(37)51)49(54-53)33(29-34)31-52-44-25-13-7-19-38(44)48(39-20-8-14-26-45(39)52)40-21-9-15-27-46(40)52/h4-29,47-48,53H,30-31H2,1-3H3. The second kappa shape index (κ2) is 11.4. The van der Waals surface area contributed by atoms with Crippen LogP contribution in [0.25, 0.3) is 0 Å². The highest BCUT2D eigenvalue weighted by Crippen LogP contribution is 2.62. The van der Waals surface area contributed by atoms with Crippen molar-refractivity contribution in [1.82, 2.24) is 0 Å². The van der Waals surface area contributed by atoms with E-state index in [1.807, 2.05) is 0 Å². The van der Waals surface area contributed by atoms with Crippen molar-refractivity contribution in [2.75, 3.05) is 0 Å². The summed E-state index contributed by atoms with van der Waals surface area (Å²) in [7, 11) is 0. The predicted octanol–water partition coefficient (Wildman–Crippen LogP) is 12.3. The molecule has 0 unspecified atom stereocenters. The van der Waals surface area contributed by atoms with Gasteiger partial charge in [-0.2, -0.15) is 0 Å². The molecular weight excluding hydrogens is 673 g/mol. The minimum Gasteiger partial charge on any atom is -0.325 e. The molecule has 6 aliphatic rings. The summed E-state index contributed by atoms with van der Waals surface area (Å²) >= 11 is 0.950. The van der Waals surface area contributed by atoms with E-state index in [1.54, 1.807) is 0 Å². The highest BCUT2D eigenvalue weighted by Gasteiger charge is 2.53. The van der Waals surface area contributed by atoms with Crippen molar-refractivity contribution in [3.63, 3.8) is 0 Å². The second-order valence-corrected chi connectivity index (χ2v) is 17.6. The van der Waals surface area contributed by atoms with E-state index in [0.29, 0.717) is 0 Å². The first-order valence-electron chi connectivity index (χ1n) is 19.4. The van der Waals surface area contributed by atoms with Crippen LogP contribution in [0.4, 0.5) is 0 Å². The highest BCUT2D eigenvalue weighted by atomic mass is 32.2. The molecule has 0 radical (unpaired) electrons. The van der Waals surface area contributed by atoms with E-state index in [-0.39, 0.29) is 17.3 Å². The van der Waals surface area contributed by atoms with Crippen molar-refractivity contribution in [2.45, 2.75) is 66.6 Å². The van der Waals surface area contributed by atoms with Crippen LogP contribution in [0.2, 0.25) is 0 Å². The third-order valence-corrected chi connectivity index (χ3v) is 14.2. The number of hydrogen-bond donors (Lipinski definition) is 1. The fourth-order valence-electron chi connectivity index (χ4n) is 11.4. The van der Waals surface area contributed by atoms with Gasteiger partial charge in [0.25, 0.3) is 0 Å². The van der Waals surface area contributed by atoms with Crippen LogP contribution in [-0.2, 0) is 29.1 Å². The van der Waals surface area contributed by atoms with Crippen molar-refractivity contribution in [3.8, 4) is 0 Å². The van der Waals surface area contributed by atoms with Gasteiger partial charge in [0.1, 0.15) is 0 Å². The largest absolute Gasteiger partial charge is 0.325 e. The summed E-state index contributed by atoms with van der Waals surface area (Å²) in [6.07, 6.45) is 1.51. The average molecular weight is 715 g/mol. The normalized spacial score (nSPS) is 22.1. The fraction of sp³-hybridized carbons (Fsp3) is 0.192. The molecule has 7 aromatic rings. The van der Waals surface area contributed by atoms with Gasteiger partial charge in [0.05, 0.1) is 10.8 Å². The van der Waals surface area contributed by atoms with Gasteiger partial charge in [0, 0.05) is 28.8 Å². The molecular formula is C52H42OS. The maximum Gasteiger partial charge on any atom is 0.0501 e.